The van der Waals surface area contributed by atoms with Gasteiger partial charge in [0.25, 0.3) is 0 Å². The highest BCUT2D eigenvalue weighted by molar-refractivity contribution is 5.93. The van der Waals surface area contributed by atoms with E-state index in [9.17, 15) is 9.90 Å². The Kier molecular flexibility index (Phi) is 8.02. The van der Waals surface area contributed by atoms with Crippen LogP contribution in [0.5, 0.6) is 46.0 Å². The Bertz CT molecular complexity index is 1290. The molecule has 0 saturated heterocycles. The van der Waals surface area contributed by atoms with E-state index >= 15 is 0 Å². The number of carbonyl (C=O) groups is 1. The predicted octanol–water partition coefficient (Wildman–Crippen LogP) is 3.99. The zero-order chi connectivity index (χ0) is 27.4. The van der Waals surface area contributed by atoms with Gasteiger partial charge in [0.15, 0.2) is 23.0 Å². The number of methoxy groups -OCH3 is 6. The summed E-state index contributed by atoms with van der Waals surface area (Å²) in [4.78, 5) is 13.1. The minimum atomic E-state index is -0.859. The van der Waals surface area contributed by atoms with Crippen LogP contribution in [0.3, 0.4) is 0 Å². The minimum absolute atomic E-state index is 0.190. The van der Waals surface area contributed by atoms with Gasteiger partial charge in [-0.2, -0.15) is 0 Å². The molecule has 0 spiro atoms. The van der Waals surface area contributed by atoms with Crippen molar-refractivity contribution in [3.05, 3.63) is 59.2 Å². The second-order valence-electron chi connectivity index (χ2n) is 8.33. The van der Waals surface area contributed by atoms with Crippen molar-refractivity contribution in [2.45, 2.75) is 18.6 Å². The third-order valence-electron chi connectivity index (χ3n) is 6.23. The topological polar surface area (TPSA) is 111 Å². The Hall–Kier alpha value is -4.31. The second kappa shape index (κ2) is 11.4. The fourth-order valence-electron chi connectivity index (χ4n) is 4.36. The smallest absolute Gasteiger partial charge is 0.343 e. The second-order valence-corrected chi connectivity index (χ2v) is 8.33. The molecule has 10 nitrogen and oxygen atoms in total. The first-order valence-electron chi connectivity index (χ1n) is 11.7. The van der Waals surface area contributed by atoms with Gasteiger partial charge < -0.3 is 43.0 Å². The third-order valence-corrected chi connectivity index (χ3v) is 6.23. The molecule has 0 unspecified atom stereocenters. The number of carbonyl (C=O) groups excluding carboxylic acids is 1. The number of rotatable bonds is 9. The summed E-state index contributed by atoms with van der Waals surface area (Å²) >= 11 is 0. The summed E-state index contributed by atoms with van der Waals surface area (Å²) in [7, 11) is 8.97. The molecule has 38 heavy (non-hydrogen) atoms. The number of benzene rings is 3. The number of hydrogen-bond acceptors (Lipinski definition) is 10. The maximum absolute atomic E-state index is 13.1. The maximum Gasteiger partial charge on any atom is 0.343 e. The van der Waals surface area contributed by atoms with Crippen LogP contribution >= 0.6 is 0 Å². The first-order chi connectivity index (χ1) is 18.4. The van der Waals surface area contributed by atoms with Gasteiger partial charge in [0.05, 0.1) is 54.3 Å². The monoisotopic (exact) mass is 526 g/mol. The summed E-state index contributed by atoms with van der Waals surface area (Å²) in [6.07, 6.45) is -1.30. The van der Waals surface area contributed by atoms with E-state index in [0.29, 0.717) is 51.4 Å². The van der Waals surface area contributed by atoms with Crippen molar-refractivity contribution in [2.75, 3.05) is 42.7 Å². The van der Waals surface area contributed by atoms with Crippen LogP contribution in [-0.4, -0.2) is 59.8 Å². The molecule has 0 amide bonds. The lowest BCUT2D eigenvalue weighted by molar-refractivity contribution is 0.0196. The average Bonchev–Trinajstić information content (AvgIpc) is 2.95. The zero-order valence-corrected chi connectivity index (χ0v) is 22.0. The zero-order valence-electron chi connectivity index (χ0n) is 22.0. The van der Waals surface area contributed by atoms with Crippen molar-refractivity contribution in [2.24, 2.45) is 0 Å². The Morgan fingerprint density at radius 3 is 1.97 bits per heavy atom. The first kappa shape index (κ1) is 26.7. The lowest BCUT2D eigenvalue weighted by Crippen LogP contribution is -2.30. The van der Waals surface area contributed by atoms with Gasteiger partial charge in [-0.3, -0.25) is 0 Å². The molecule has 1 aliphatic heterocycles. The van der Waals surface area contributed by atoms with Crippen LogP contribution in [-0.2, 0) is 6.42 Å². The van der Waals surface area contributed by atoms with Crippen molar-refractivity contribution < 1.29 is 47.8 Å². The molecule has 1 N–H and O–H groups in total. The number of aliphatic hydroxyl groups excluding tert-OH is 1. The number of fused-ring (bicyclic) bond motifs is 1. The molecule has 0 fully saturated rings. The maximum atomic E-state index is 13.1. The fraction of sp³-hybridized carbons (Fsp3) is 0.321. The Labute approximate surface area is 220 Å². The van der Waals surface area contributed by atoms with Gasteiger partial charge in [-0.05, 0) is 29.8 Å². The van der Waals surface area contributed by atoms with Crippen LogP contribution in [0.25, 0.3) is 0 Å². The molecule has 10 heteroatoms. The van der Waals surface area contributed by atoms with E-state index in [0.717, 1.165) is 0 Å². The van der Waals surface area contributed by atoms with Crippen molar-refractivity contribution in [1.29, 1.82) is 0 Å². The molecule has 3 aromatic rings. The number of aliphatic hydroxyl groups is 1. The molecule has 0 aliphatic carbocycles. The van der Waals surface area contributed by atoms with Crippen molar-refractivity contribution in [3.8, 4) is 46.0 Å². The Morgan fingerprint density at radius 2 is 1.39 bits per heavy atom. The molecule has 0 bridgehead atoms. The summed E-state index contributed by atoms with van der Waals surface area (Å²) in [5.74, 6) is 2.44. The van der Waals surface area contributed by atoms with Crippen LogP contribution in [0.15, 0.2) is 42.5 Å². The molecule has 202 valence electrons. The predicted molar refractivity (Wildman–Crippen MR) is 137 cm³/mol. The van der Waals surface area contributed by atoms with Gasteiger partial charge in [0.1, 0.15) is 23.4 Å². The molecular formula is C28H30O10. The minimum Gasteiger partial charge on any atom is -0.496 e. The average molecular weight is 527 g/mol. The highest BCUT2D eigenvalue weighted by Gasteiger charge is 2.33. The number of ether oxygens (including phenoxy) is 8. The summed E-state index contributed by atoms with van der Waals surface area (Å²) in [6.45, 7) is 0. The van der Waals surface area contributed by atoms with E-state index in [4.69, 9.17) is 37.9 Å². The van der Waals surface area contributed by atoms with Gasteiger partial charge in [0.2, 0.25) is 5.75 Å². The molecule has 1 heterocycles. The van der Waals surface area contributed by atoms with Crippen LogP contribution in [0.2, 0.25) is 0 Å². The highest BCUT2D eigenvalue weighted by Crippen LogP contribution is 2.44. The lowest BCUT2D eigenvalue weighted by atomic mass is 9.94. The van der Waals surface area contributed by atoms with E-state index in [-0.39, 0.29) is 17.7 Å². The quantitative estimate of drug-likeness (QED) is 0.324. The lowest BCUT2D eigenvalue weighted by Gasteiger charge is -2.32. The van der Waals surface area contributed by atoms with E-state index in [1.54, 1.807) is 37.4 Å². The fourth-order valence-corrected chi connectivity index (χ4v) is 4.36. The van der Waals surface area contributed by atoms with Crippen LogP contribution in [0, 0.1) is 0 Å². The summed E-state index contributed by atoms with van der Waals surface area (Å²) in [6, 6.07) is 11.5. The summed E-state index contributed by atoms with van der Waals surface area (Å²) in [5.41, 5.74) is 1.54. The van der Waals surface area contributed by atoms with Gasteiger partial charge in [0, 0.05) is 24.1 Å². The van der Waals surface area contributed by atoms with Gasteiger partial charge in [-0.15, -0.1) is 0 Å². The molecule has 0 radical (unpaired) electrons. The summed E-state index contributed by atoms with van der Waals surface area (Å²) < 4.78 is 44.1. The van der Waals surface area contributed by atoms with Crippen molar-refractivity contribution in [3.63, 3.8) is 0 Å². The molecule has 4 rings (SSSR count). The van der Waals surface area contributed by atoms with E-state index in [2.05, 4.69) is 0 Å². The molecule has 0 saturated carbocycles. The number of hydrogen-bond donors (Lipinski definition) is 1. The van der Waals surface area contributed by atoms with E-state index < -0.39 is 18.2 Å². The molecule has 3 aromatic carbocycles. The SMILES string of the molecule is COc1ccc([C@H]2Oc3cc(OC(=O)c4cc(OC)c(OC)c(OC)c4)cc(OC)c3C[C@@H]2O)cc1OC. The summed E-state index contributed by atoms with van der Waals surface area (Å²) in [5, 5.41) is 10.9. The Balaban J connectivity index is 1.65. The molecule has 2 atom stereocenters. The standard InChI is InChI=1S/C28H30O10/c1-31-20-8-7-15(9-23(20)33-3)26-19(29)14-18-21(32-2)12-17(13-22(18)38-26)37-28(30)16-10-24(34-4)27(36-6)25(11-16)35-5/h7-13,19,26,29H,14H2,1-6H3/t19-,26+/m0/s1. The van der Waals surface area contributed by atoms with Gasteiger partial charge in [-0.1, -0.05) is 6.07 Å². The largest absolute Gasteiger partial charge is 0.496 e. The normalized spacial score (nSPS) is 16.0. The molecular weight excluding hydrogens is 496 g/mol. The van der Waals surface area contributed by atoms with Crippen molar-refractivity contribution >= 4 is 5.97 Å². The van der Waals surface area contributed by atoms with Crippen molar-refractivity contribution in [1.82, 2.24) is 0 Å². The third kappa shape index (κ3) is 5.08. The van der Waals surface area contributed by atoms with E-state index in [1.807, 2.05) is 0 Å². The van der Waals surface area contributed by atoms with Crippen LogP contribution < -0.4 is 37.9 Å². The molecule has 0 aromatic heterocycles. The molecule has 1 aliphatic rings. The van der Waals surface area contributed by atoms with Gasteiger partial charge in [-0.25, -0.2) is 4.79 Å². The Morgan fingerprint density at radius 1 is 0.763 bits per heavy atom. The van der Waals surface area contributed by atoms with Gasteiger partial charge >= 0.3 is 5.97 Å². The van der Waals surface area contributed by atoms with Crippen LogP contribution in [0.4, 0.5) is 0 Å². The van der Waals surface area contributed by atoms with E-state index in [1.165, 1.54) is 47.7 Å². The highest BCUT2D eigenvalue weighted by atomic mass is 16.5. The van der Waals surface area contributed by atoms with Crippen LogP contribution in [0.1, 0.15) is 27.6 Å². The first-order valence-corrected chi connectivity index (χ1v) is 11.7. The number of esters is 1.